The lowest BCUT2D eigenvalue weighted by Gasteiger charge is -2.26. The Morgan fingerprint density at radius 2 is 0.754 bits per heavy atom. The summed E-state index contributed by atoms with van der Waals surface area (Å²) < 4.78 is 0. The van der Waals surface area contributed by atoms with Crippen LogP contribution in [0.2, 0.25) is 0 Å². The quantitative estimate of drug-likeness (QED) is 0.0365. The summed E-state index contributed by atoms with van der Waals surface area (Å²) in [5, 5.41) is 33.4. The minimum Gasteiger partial charge on any atom is -0.394 e. The minimum atomic E-state index is -1.16. The summed E-state index contributed by atoms with van der Waals surface area (Å²) in [5.74, 6) is -0.154. The van der Waals surface area contributed by atoms with Crippen molar-refractivity contribution in [2.75, 3.05) is 6.61 Å². The van der Waals surface area contributed by atoms with Crippen LogP contribution in [-0.4, -0.2) is 46.1 Å². The first-order valence-electron chi connectivity index (χ1n) is 25.3. The van der Waals surface area contributed by atoms with Crippen LogP contribution in [0.3, 0.4) is 0 Å². The highest BCUT2D eigenvalue weighted by molar-refractivity contribution is 5.76. The van der Waals surface area contributed by atoms with E-state index in [4.69, 9.17) is 0 Å². The van der Waals surface area contributed by atoms with E-state index in [1.807, 2.05) is 0 Å². The summed E-state index contributed by atoms with van der Waals surface area (Å²) in [5.41, 5.74) is 0. The Morgan fingerprint density at radius 1 is 0.439 bits per heavy atom. The van der Waals surface area contributed by atoms with Gasteiger partial charge < -0.3 is 20.6 Å². The van der Waals surface area contributed by atoms with Crippen molar-refractivity contribution in [1.29, 1.82) is 0 Å². The lowest BCUT2D eigenvalue weighted by molar-refractivity contribution is -0.124. The van der Waals surface area contributed by atoms with Crippen molar-refractivity contribution in [3.63, 3.8) is 0 Å². The Labute approximate surface area is 355 Å². The average molecular weight is 802 g/mol. The fourth-order valence-electron chi connectivity index (χ4n) is 7.78. The van der Waals surface area contributed by atoms with Crippen molar-refractivity contribution in [1.82, 2.24) is 5.32 Å². The predicted molar refractivity (Wildman–Crippen MR) is 250 cm³/mol. The molecule has 0 heterocycles. The molecule has 1 amide bonds. The highest BCUT2D eigenvalue weighted by Crippen LogP contribution is 2.16. The lowest BCUT2D eigenvalue weighted by atomic mass is 10.0. The molecule has 4 N–H and O–H groups in total. The van der Waals surface area contributed by atoms with Gasteiger partial charge in [0.2, 0.25) is 5.91 Å². The van der Waals surface area contributed by atoms with Crippen molar-refractivity contribution in [2.24, 2.45) is 0 Å². The smallest absolute Gasteiger partial charge is 0.220 e. The minimum absolute atomic E-state index is 0.154. The normalized spacial score (nSPS) is 13.7. The van der Waals surface area contributed by atoms with Crippen molar-refractivity contribution in [3.05, 3.63) is 36.5 Å². The summed E-state index contributed by atoms with van der Waals surface area (Å²) in [6, 6.07) is -0.823. The van der Waals surface area contributed by atoms with Gasteiger partial charge in [-0.3, -0.25) is 4.79 Å². The molecule has 0 aliphatic heterocycles. The van der Waals surface area contributed by atoms with Crippen LogP contribution in [0.1, 0.15) is 264 Å². The first-order valence-corrected chi connectivity index (χ1v) is 25.3. The van der Waals surface area contributed by atoms with E-state index in [1.165, 1.54) is 193 Å². The van der Waals surface area contributed by atoms with Gasteiger partial charge in [-0.15, -0.1) is 0 Å². The molecule has 0 aromatic rings. The zero-order chi connectivity index (χ0) is 41.5. The fourth-order valence-corrected chi connectivity index (χ4v) is 7.78. The summed E-state index contributed by atoms with van der Waals surface area (Å²) >= 11 is 0. The van der Waals surface area contributed by atoms with Crippen molar-refractivity contribution in [2.45, 2.75) is 283 Å². The van der Waals surface area contributed by atoms with E-state index in [2.05, 4.69) is 55.6 Å². The van der Waals surface area contributed by atoms with Crippen LogP contribution in [0.25, 0.3) is 0 Å². The molecule has 3 unspecified atom stereocenters. The molecule has 0 saturated carbocycles. The third-order valence-corrected chi connectivity index (χ3v) is 11.7. The van der Waals surface area contributed by atoms with E-state index in [1.54, 1.807) is 0 Å². The van der Waals surface area contributed by atoms with Gasteiger partial charge in [0, 0.05) is 6.42 Å². The van der Waals surface area contributed by atoms with Crippen LogP contribution >= 0.6 is 0 Å². The second-order valence-electron chi connectivity index (χ2n) is 17.4. The largest absolute Gasteiger partial charge is 0.394 e. The van der Waals surface area contributed by atoms with E-state index < -0.39 is 18.2 Å². The SMILES string of the molecule is CCCCCCC/C=C/CCCC(O)C(O)C(CO)NC(=O)CCCCCCCCCCCCCCCCCCC/C=C\C/C=C\CCCCCCCCCCC. The molecule has 0 fully saturated rings. The molecule has 336 valence electrons. The maximum absolute atomic E-state index is 12.4. The van der Waals surface area contributed by atoms with Crippen LogP contribution in [0, 0.1) is 0 Å². The zero-order valence-electron chi connectivity index (χ0n) is 38.2. The molecule has 57 heavy (non-hydrogen) atoms. The number of aliphatic hydroxyl groups is 3. The average Bonchev–Trinajstić information content (AvgIpc) is 3.22. The summed E-state index contributed by atoms with van der Waals surface area (Å²) in [6.07, 6.45) is 60.2. The molecule has 0 bridgehead atoms. The van der Waals surface area contributed by atoms with Gasteiger partial charge in [-0.25, -0.2) is 0 Å². The number of unbranched alkanes of at least 4 members (excludes halogenated alkanes) is 32. The van der Waals surface area contributed by atoms with Gasteiger partial charge in [-0.1, -0.05) is 224 Å². The predicted octanol–water partition coefficient (Wildman–Crippen LogP) is 15.1. The molecular weight excluding hydrogens is 703 g/mol. The number of carbonyl (C=O) groups is 1. The molecule has 5 nitrogen and oxygen atoms in total. The summed E-state index contributed by atoms with van der Waals surface area (Å²) in [6.45, 7) is 4.14. The monoisotopic (exact) mass is 802 g/mol. The molecule has 0 rings (SSSR count). The van der Waals surface area contributed by atoms with Crippen molar-refractivity contribution in [3.8, 4) is 0 Å². The number of hydrogen-bond acceptors (Lipinski definition) is 4. The topological polar surface area (TPSA) is 89.8 Å². The zero-order valence-corrected chi connectivity index (χ0v) is 38.2. The van der Waals surface area contributed by atoms with E-state index in [0.29, 0.717) is 12.8 Å². The molecule has 3 atom stereocenters. The number of rotatable bonds is 46. The van der Waals surface area contributed by atoms with Gasteiger partial charge in [0.15, 0.2) is 0 Å². The van der Waals surface area contributed by atoms with Gasteiger partial charge in [-0.05, 0) is 70.6 Å². The molecule has 5 heteroatoms. The number of aliphatic hydroxyl groups excluding tert-OH is 3. The van der Waals surface area contributed by atoms with Gasteiger partial charge in [0.1, 0.15) is 6.10 Å². The lowest BCUT2D eigenvalue weighted by Crippen LogP contribution is -2.50. The van der Waals surface area contributed by atoms with E-state index >= 15 is 0 Å². The van der Waals surface area contributed by atoms with E-state index in [9.17, 15) is 20.1 Å². The highest BCUT2D eigenvalue weighted by Gasteiger charge is 2.26. The van der Waals surface area contributed by atoms with Crippen LogP contribution in [0.15, 0.2) is 36.5 Å². The van der Waals surface area contributed by atoms with Crippen LogP contribution in [0.4, 0.5) is 0 Å². The molecule has 0 aliphatic carbocycles. The Hall–Kier alpha value is -1.43. The molecule has 0 spiro atoms. The number of nitrogens with one attached hydrogen (secondary N) is 1. The van der Waals surface area contributed by atoms with Crippen molar-refractivity contribution >= 4 is 5.91 Å². The molecule has 0 radical (unpaired) electrons. The Morgan fingerprint density at radius 3 is 1.12 bits per heavy atom. The van der Waals surface area contributed by atoms with E-state index in [-0.39, 0.29) is 12.5 Å². The van der Waals surface area contributed by atoms with E-state index in [0.717, 1.165) is 44.9 Å². The first kappa shape index (κ1) is 55.6. The number of allylic oxidation sites excluding steroid dienone is 6. The molecule has 0 saturated heterocycles. The number of hydrogen-bond donors (Lipinski definition) is 4. The second kappa shape index (κ2) is 47.3. The second-order valence-corrected chi connectivity index (χ2v) is 17.4. The molecule has 0 aromatic heterocycles. The summed E-state index contributed by atoms with van der Waals surface area (Å²) in [4.78, 5) is 12.4. The van der Waals surface area contributed by atoms with Crippen molar-refractivity contribution < 1.29 is 20.1 Å². The first-order chi connectivity index (χ1) is 28.1. The Bertz CT molecular complexity index is 885. The molecular formula is C52H99NO4. The maximum Gasteiger partial charge on any atom is 0.220 e. The van der Waals surface area contributed by atoms with Gasteiger partial charge >= 0.3 is 0 Å². The van der Waals surface area contributed by atoms with Crippen LogP contribution in [0.5, 0.6) is 0 Å². The molecule has 0 aliphatic rings. The Balaban J connectivity index is 3.49. The fraction of sp³-hybridized carbons (Fsp3) is 0.865. The standard InChI is InChI=1S/C52H99NO4/c1-3-5-7-9-11-13-15-16-17-18-19-20-21-22-23-24-25-26-27-28-29-30-31-32-33-34-35-36-37-39-41-43-45-47-51(56)53-49(48-54)52(57)50(55)46-44-42-40-38-14-12-10-8-6-4-2/h19-20,22-23,38,40,49-50,52,54-55,57H,3-18,21,24-37,39,41-48H2,1-2H3,(H,53,56)/b20-19-,23-22-,40-38+. The number of amides is 1. The van der Waals surface area contributed by atoms with Crippen LogP contribution in [-0.2, 0) is 4.79 Å². The highest BCUT2D eigenvalue weighted by atomic mass is 16.3. The van der Waals surface area contributed by atoms with Gasteiger partial charge in [-0.2, -0.15) is 0 Å². The van der Waals surface area contributed by atoms with Crippen LogP contribution < -0.4 is 5.32 Å². The van der Waals surface area contributed by atoms with Gasteiger partial charge in [0.25, 0.3) is 0 Å². The third-order valence-electron chi connectivity index (χ3n) is 11.7. The molecule has 0 aromatic carbocycles. The third kappa shape index (κ3) is 42.5. The van der Waals surface area contributed by atoms with Gasteiger partial charge in [0.05, 0.1) is 18.8 Å². The Kier molecular flexibility index (Phi) is 46.1. The summed E-state index contributed by atoms with van der Waals surface area (Å²) in [7, 11) is 0. The number of carbonyl (C=O) groups excluding carboxylic acids is 1. The maximum atomic E-state index is 12.4.